The molecule has 6 fully saturated rings. The van der Waals surface area contributed by atoms with E-state index in [0.29, 0.717) is 18.3 Å². The van der Waals surface area contributed by atoms with Gasteiger partial charge in [-0.1, -0.05) is 12.1 Å². The van der Waals surface area contributed by atoms with Crippen LogP contribution in [0.15, 0.2) is 24.3 Å². The summed E-state index contributed by atoms with van der Waals surface area (Å²) in [5.41, 5.74) is 2.83. The molecule has 4 bridgehead atoms. The molecule has 32 heavy (non-hydrogen) atoms. The van der Waals surface area contributed by atoms with Crippen molar-refractivity contribution in [1.29, 1.82) is 5.26 Å². The summed E-state index contributed by atoms with van der Waals surface area (Å²) in [5, 5.41) is 23.3. The normalized spacial score (nSPS) is 39.8. The van der Waals surface area contributed by atoms with Crippen molar-refractivity contribution in [2.75, 3.05) is 29.6 Å². The second-order valence-corrected chi connectivity index (χ2v) is 11.7. The number of anilines is 1. The van der Waals surface area contributed by atoms with Crippen LogP contribution in [0.2, 0.25) is 0 Å². The summed E-state index contributed by atoms with van der Waals surface area (Å²) in [4.78, 5) is 16.7. The van der Waals surface area contributed by atoms with E-state index in [1.54, 1.807) is 16.7 Å². The van der Waals surface area contributed by atoms with Crippen LogP contribution in [0.3, 0.4) is 0 Å². The fourth-order valence-electron chi connectivity index (χ4n) is 7.72. The smallest absolute Gasteiger partial charge is 0.238 e. The summed E-state index contributed by atoms with van der Waals surface area (Å²) in [7, 11) is 0. The zero-order chi connectivity index (χ0) is 21.9. The van der Waals surface area contributed by atoms with Crippen LogP contribution in [-0.2, 0) is 10.2 Å². The maximum atomic E-state index is 12.9. The predicted octanol–water partition coefficient (Wildman–Crippen LogP) is 2.82. The van der Waals surface area contributed by atoms with Crippen molar-refractivity contribution in [1.82, 2.24) is 10.2 Å². The third-order valence-electron chi connectivity index (χ3n) is 9.00. The van der Waals surface area contributed by atoms with E-state index >= 15 is 0 Å². The first-order valence-corrected chi connectivity index (χ1v) is 13.2. The van der Waals surface area contributed by atoms with Crippen LogP contribution in [0.5, 0.6) is 0 Å². The van der Waals surface area contributed by atoms with Gasteiger partial charge >= 0.3 is 0 Å². The topological polar surface area (TPSA) is 79.6 Å². The number of aliphatic hydroxyl groups excluding tert-OH is 1. The van der Waals surface area contributed by atoms with Crippen LogP contribution >= 0.6 is 11.8 Å². The molecule has 1 aromatic rings. The molecule has 2 N–H and O–H groups in total. The van der Waals surface area contributed by atoms with Crippen LogP contribution in [0.4, 0.5) is 5.69 Å². The van der Waals surface area contributed by atoms with Gasteiger partial charge in [0.1, 0.15) is 12.3 Å². The molecule has 6 atom stereocenters. The first-order valence-electron chi connectivity index (χ1n) is 12.1. The van der Waals surface area contributed by atoms with E-state index in [2.05, 4.69) is 40.6 Å². The molecule has 2 saturated heterocycles. The van der Waals surface area contributed by atoms with Crippen molar-refractivity contribution in [2.24, 2.45) is 11.8 Å². The van der Waals surface area contributed by atoms with Crippen LogP contribution in [0.25, 0.3) is 0 Å². The summed E-state index contributed by atoms with van der Waals surface area (Å²) < 4.78 is 0. The Bertz CT molecular complexity index is 948. The molecule has 0 aromatic heterocycles. The van der Waals surface area contributed by atoms with Gasteiger partial charge in [-0.25, -0.2) is 0 Å². The van der Waals surface area contributed by atoms with Crippen molar-refractivity contribution in [2.45, 2.75) is 68.2 Å². The molecule has 4 saturated carbocycles. The monoisotopic (exact) mass is 452 g/mol. The van der Waals surface area contributed by atoms with Gasteiger partial charge in [-0.15, -0.1) is 11.8 Å². The van der Waals surface area contributed by atoms with E-state index in [1.807, 2.05) is 0 Å². The molecule has 6 aliphatic rings. The van der Waals surface area contributed by atoms with Crippen LogP contribution < -0.4 is 10.2 Å². The predicted molar refractivity (Wildman–Crippen MR) is 125 cm³/mol. The number of carbonyl (C=O) groups excluding carboxylic acids is 1. The van der Waals surface area contributed by atoms with Crippen molar-refractivity contribution >= 4 is 23.4 Å². The fraction of sp³-hybridized carbons (Fsp3) is 0.680. The Morgan fingerprint density at radius 1 is 1.28 bits per heavy atom. The van der Waals surface area contributed by atoms with E-state index < -0.39 is 0 Å². The van der Waals surface area contributed by atoms with Gasteiger partial charge < -0.3 is 20.2 Å². The van der Waals surface area contributed by atoms with E-state index in [9.17, 15) is 15.2 Å². The largest absolute Gasteiger partial charge is 0.374 e. The number of nitrogens with one attached hydrogen (secondary N) is 1. The highest BCUT2D eigenvalue weighted by Crippen LogP contribution is 2.66. The van der Waals surface area contributed by atoms with Gasteiger partial charge in [-0.05, 0) is 79.9 Å². The number of carbonyl (C=O) groups is 1. The van der Waals surface area contributed by atoms with Gasteiger partial charge in [0.25, 0.3) is 0 Å². The van der Waals surface area contributed by atoms with Crippen LogP contribution in [0, 0.1) is 23.2 Å². The number of hydrogen-bond donors (Lipinski definition) is 2. The standard InChI is InChI=1S/C25H32N4O2S/c26-12-21-14-32-16-29(21)23(31)13-27-25-10-17-8-19(25)11-24(9-17,15-25)18-3-5-20(6-4-18)28-7-1-2-22(28)30/h3-6,17,19,21-22,27,30H,1-2,7-11,13-16H2/t17?,19?,21-,22?,24?,25?/m1/s1. The molecule has 5 unspecified atom stereocenters. The average molecular weight is 453 g/mol. The summed E-state index contributed by atoms with van der Waals surface area (Å²) in [5.74, 6) is 2.81. The molecule has 0 spiro atoms. The van der Waals surface area contributed by atoms with Gasteiger partial charge in [0.15, 0.2) is 0 Å². The lowest BCUT2D eigenvalue weighted by atomic mass is 9.65. The van der Waals surface area contributed by atoms with Crippen molar-refractivity contribution in [3.63, 3.8) is 0 Å². The van der Waals surface area contributed by atoms with E-state index in [4.69, 9.17) is 0 Å². The lowest BCUT2D eigenvalue weighted by Crippen LogP contribution is -2.52. The second-order valence-electron chi connectivity index (χ2n) is 10.7. The molecule has 6 nitrogen and oxygen atoms in total. The van der Waals surface area contributed by atoms with Crippen molar-refractivity contribution in [3.05, 3.63) is 29.8 Å². The Kier molecular flexibility index (Phi) is 4.98. The highest BCUT2D eigenvalue weighted by Gasteiger charge is 2.64. The summed E-state index contributed by atoms with van der Waals surface area (Å²) in [6.07, 6.45) is 7.58. The van der Waals surface area contributed by atoms with Crippen LogP contribution in [-0.4, -0.2) is 58.4 Å². The van der Waals surface area contributed by atoms with Gasteiger partial charge in [-0.3, -0.25) is 4.79 Å². The minimum absolute atomic E-state index is 0.0669. The Morgan fingerprint density at radius 2 is 2.12 bits per heavy atom. The number of hydrogen-bond acceptors (Lipinski definition) is 6. The Balaban J connectivity index is 1.18. The SMILES string of the molecule is N#C[C@@H]1CSCN1C(=O)CNC12CC3CC1CC(c1ccc(N4CCCC4O)cc1)(C3)C2. The molecule has 170 valence electrons. The number of amides is 1. The van der Waals surface area contributed by atoms with Crippen LogP contribution in [0.1, 0.15) is 50.5 Å². The Hall–Kier alpha value is -1.75. The molecule has 1 amide bonds. The van der Waals surface area contributed by atoms with E-state index in [-0.39, 0.29) is 29.1 Å². The quantitative estimate of drug-likeness (QED) is 0.715. The Labute approximate surface area is 194 Å². The lowest BCUT2D eigenvalue weighted by molar-refractivity contribution is -0.130. The molecule has 7 rings (SSSR count). The highest BCUT2D eigenvalue weighted by molar-refractivity contribution is 7.99. The number of rotatable bonds is 5. The van der Waals surface area contributed by atoms with E-state index in [1.165, 1.54) is 31.2 Å². The molecule has 4 aliphatic carbocycles. The number of nitrogens with zero attached hydrogens (tertiary/aromatic N) is 3. The van der Waals surface area contributed by atoms with Crippen molar-refractivity contribution in [3.8, 4) is 6.07 Å². The number of aliphatic hydroxyl groups is 1. The molecule has 0 radical (unpaired) electrons. The maximum absolute atomic E-state index is 12.9. The maximum Gasteiger partial charge on any atom is 0.238 e. The second kappa shape index (κ2) is 7.65. The lowest BCUT2D eigenvalue weighted by Gasteiger charge is -2.42. The van der Waals surface area contributed by atoms with Gasteiger partial charge in [-0.2, -0.15) is 5.26 Å². The van der Waals surface area contributed by atoms with Gasteiger partial charge in [0.2, 0.25) is 5.91 Å². The third kappa shape index (κ3) is 3.18. The first-order chi connectivity index (χ1) is 15.5. The molecule has 2 aliphatic heterocycles. The zero-order valence-electron chi connectivity index (χ0n) is 18.5. The molecular weight excluding hydrogens is 420 g/mol. The molecular formula is C25H32N4O2S. The number of benzene rings is 1. The minimum Gasteiger partial charge on any atom is -0.374 e. The molecule has 1 aromatic carbocycles. The third-order valence-corrected chi connectivity index (χ3v) is 10.0. The minimum atomic E-state index is -0.350. The van der Waals surface area contributed by atoms with Crippen molar-refractivity contribution < 1.29 is 9.90 Å². The van der Waals surface area contributed by atoms with Gasteiger partial charge in [0, 0.05) is 23.5 Å². The molecule has 2 heterocycles. The summed E-state index contributed by atoms with van der Waals surface area (Å²) in [6.45, 7) is 1.28. The van der Waals surface area contributed by atoms with Gasteiger partial charge in [0.05, 0.1) is 18.5 Å². The molecule has 7 heteroatoms. The average Bonchev–Trinajstić information content (AvgIpc) is 3.54. The number of nitriles is 1. The fourth-order valence-corrected chi connectivity index (χ4v) is 8.83. The first kappa shape index (κ1) is 20.8. The highest BCUT2D eigenvalue weighted by atomic mass is 32.2. The summed E-state index contributed by atoms with van der Waals surface area (Å²) in [6, 6.07) is 11.0. The Morgan fingerprint density at radius 3 is 2.88 bits per heavy atom. The van der Waals surface area contributed by atoms with E-state index in [0.717, 1.165) is 43.2 Å². The summed E-state index contributed by atoms with van der Waals surface area (Å²) >= 11 is 1.67. The zero-order valence-corrected chi connectivity index (χ0v) is 19.3. The number of thioether (sulfide) groups is 1.